The van der Waals surface area contributed by atoms with Crippen LogP contribution in [0.5, 0.6) is 11.5 Å². The van der Waals surface area contributed by atoms with Crippen molar-refractivity contribution in [2.24, 2.45) is 0 Å². The van der Waals surface area contributed by atoms with Crippen LogP contribution in [-0.2, 0) is 26.6 Å². The van der Waals surface area contributed by atoms with E-state index in [4.69, 9.17) is 14.0 Å². The number of carbonyl (C=O) groups excluding carboxylic acids is 2. The summed E-state index contributed by atoms with van der Waals surface area (Å²) in [7, 11) is -3.67. The van der Waals surface area contributed by atoms with E-state index >= 15 is 0 Å². The normalized spacial score (nSPS) is 18.6. The Labute approximate surface area is 219 Å². The molecule has 2 N–H and O–H groups in total. The number of hydrogen-bond donors (Lipinski definition) is 2. The van der Waals surface area contributed by atoms with E-state index in [1.54, 1.807) is 6.92 Å². The highest BCUT2D eigenvalue weighted by atomic mass is 32.2. The van der Waals surface area contributed by atoms with Gasteiger partial charge in [-0.15, -0.1) is 0 Å². The van der Waals surface area contributed by atoms with Crippen LogP contribution in [0.1, 0.15) is 33.8 Å². The Balaban J connectivity index is 1.53. The molecule has 1 spiro atoms. The topological polar surface area (TPSA) is 155 Å². The van der Waals surface area contributed by atoms with Crippen LogP contribution in [0.25, 0.3) is 5.82 Å². The van der Waals surface area contributed by atoms with E-state index in [9.17, 15) is 31.2 Å². The number of hydrogen-bond acceptors (Lipinski definition) is 9. The number of alkyl halides is 3. The van der Waals surface area contributed by atoms with Gasteiger partial charge in [0.2, 0.25) is 5.91 Å². The lowest BCUT2D eigenvalue weighted by Gasteiger charge is -2.41. The molecule has 0 fully saturated rings. The first kappa shape index (κ1) is 26.5. The minimum absolute atomic E-state index is 0.0151. The number of sulfone groups is 1. The van der Waals surface area contributed by atoms with Gasteiger partial charge in [-0.2, -0.15) is 23.0 Å². The van der Waals surface area contributed by atoms with E-state index in [0.717, 1.165) is 6.26 Å². The van der Waals surface area contributed by atoms with Crippen LogP contribution in [0.15, 0.2) is 28.8 Å². The molecule has 39 heavy (non-hydrogen) atoms. The minimum atomic E-state index is -4.51. The average molecular weight is 570 g/mol. The highest BCUT2D eigenvalue weighted by molar-refractivity contribution is 7.91. The average Bonchev–Trinajstić information content (AvgIpc) is 3.39. The zero-order chi connectivity index (χ0) is 28.2. The number of nitrogens with one attached hydrogen (secondary N) is 2. The first-order valence-corrected chi connectivity index (χ1v) is 13.6. The number of rotatable bonds is 6. The molecule has 1 atom stereocenters. The predicted molar refractivity (Wildman–Crippen MR) is 128 cm³/mol. The fraction of sp³-hybridized carbons (Fsp3) is 0.391. The van der Waals surface area contributed by atoms with Gasteiger partial charge < -0.3 is 24.6 Å². The molecule has 2 amide bonds. The third-order valence-electron chi connectivity index (χ3n) is 6.15. The molecule has 4 heterocycles. The van der Waals surface area contributed by atoms with E-state index in [2.05, 4.69) is 20.9 Å². The van der Waals surface area contributed by atoms with Crippen molar-refractivity contribution in [1.29, 1.82) is 0 Å². The number of aryl methyl sites for hydroxylation is 1. The van der Waals surface area contributed by atoms with Crippen LogP contribution in [0, 0.1) is 6.92 Å². The Morgan fingerprint density at radius 3 is 2.74 bits per heavy atom. The second-order valence-corrected chi connectivity index (χ2v) is 11.5. The molecule has 0 bridgehead atoms. The molecule has 12 nitrogen and oxygen atoms in total. The summed E-state index contributed by atoms with van der Waals surface area (Å²) >= 11 is 0. The van der Waals surface area contributed by atoms with Crippen molar-refractivity contribution in [1.82, 2.24) is 20.3 Å². The minimum Gasteiger partial charge on any atom is -0.493 e. The van der Waals surface area contributed by atoms with Crippen molar-refractivity contribution in [2.45, 2.75) is 31.5 Å². The van der Waals surface area contributed by atoms with Gasteiger partial charge in [0.15, 0.2) is 28.1 Å². The number of ether oxygens (including phenoxy) is 2. The summed E-state index contributed by atoms with van der Waals surface area (Å²) in [4.78, 5) is 26.0. The summed E-state index contributed by atoms with van der Waals surface area (Å²) in [5.74, 6) is -1.61. The molecule has 2 aliphatic rings. The van der Waals surface area contributed by atoms with Crippen LogP contribution in [0.4, 0.5) is 19.0 Å². The first-order chi connectivity index (χ1) is 18.2. The molecule has 0 aliphatic carbocycles. The van der Waals surface area contributed by atoms with Crippen molar-refractivity contribution in [3.05, 3.63) is 46.8 Å². The summed E-state index contributed by atoms with van der Waals surface area (Å²) in [5, 5.41) is 13.8. The van der Waals surface area contributed by atoms with Gasteiger partial charge in [0.1, 0.15) is 28.6 Å². The van der Waals surface area contributed by atoms with Crippen LogP contribution in [0.3, 0.4) is 0 Å². The maximum absolute atomic E-state index is 13.5. The Kier molecular flexibility index (Phi) is 6.32. The number of amides is 2. The maximum atomic E-state index is 13.5. The largest absolute Gasteiger partial charge is 0.493 e. The van der Waals surface area contributed by atoms with Gasteiger partial charge in [-0.25, -0.2) is 8.42 Å². The zero-order valence-electron chi connectivity index (χ0n) is 20.6. The van der Waals surface area contributed by atoms with Crippen molar-refractivity contribution < 1.29 is 45.2 Å². The quantitative estimate of drug-likeness (QED) is 0.454. The second kappa shape index (κ2) is 9.29. The summed E-state index contributed by atoms with van der Waals surface area (Å²) in [6.07, 6.45) is -3.16. The van der Waals surface area contributed by atoms with Gasteiger partial charge in [-0.1, -0.05) is 5.16 Å². The number of nitrogens with zero attached hydrogens (tertiary/aromatic N) is 3. The smallest absolute Gasteiger partial charge is 0.422 e. The monoisotopic (exact) mass is 569 g/mol. The van der Waals surface area contributed by atoms with Gasteiger partial charge in [0, 0.05) is 36.8 Å². The highest BCUT2D eigenvalue weighted by Gasteiger charge is 2.46. The standard InChI is InChI=1S/C23H22F3N5O7S/c1-12-7-17(30-38-12)31-20(27-18(32)10-39(2,34)35)19-15(29-31)9-22(28-21(19)33)5-6-36-16-8-13(3-4-14(16)22)37-11-23(24,25)26/h3-4,7-8H,5-6,9-11H2,1-2H3,(H,27,32)(H,28,33)/t22-/m0/s1. The number of carbonyl (C=O) groups is 2. The molecule has 208 valence electrons. The second-order valence-electron chi connectivity index (χ2n) is 9.37. The Morgan fingerprint density at radius 2 is 2.08 bits per heavy atom. The summed E-state index contributed by atoms with van der Waals surface area (Å²) in [5.41, 5.74) is -0.213. The lowest BCUT2D eigenvalue weighted by molar-refractivity contribution is -0.153. The molecule has 0 saturated carbocycles. The molecule has 16 heteroatoms. The maximum Gasteiger partial charge on any atom is 0.422 e. The molecular weight excluding hydrogens is 547 g/mol. The SMILES string of the molecule is Cc1cc(-n2nc3c(c2NC(=O)CS(C)(=O)=O)C(=O)N[C@@]2(CCOc4cc(OCC(F)(F)F)ccc42)C3)no1. The van der Waals surface area contributed by atoms with E-state index in [0.29, 0.717) is 17.7 Å². The zero-order valence-corrected chi connectivity index (χ0v) is 21.4. The summed E-state index contributed by atoms with van der Waals surface area (Å²) < 4.78 is 77.9. The number of halogens is 3. The van der Waals surface area contributed by atoms with Gasteiger partial charge in [-0.3, -0.25) is 9.59 Å². The number of fused-ring (bicyclic) bond motifs is 3. The van der Waals surface area contributed by atoms with Crippen molar-refractivity contribution >= 4 is 27.5 Å². The predicted octanol–water partition coefficient (Wildman–Crippen LogP) is 2.06. The fourth-order valence-electron chi connectivity index (χ4n) is 4.63. The molecular formula is C23H22F3N5O7S. The number of aromatic nitrogens is 3. The molecule has 0 saturated heterocycles. The molecule has 5 rings (SSSR count). The molecule has 0 radical (unpaired) electrons. The lowest BCUT2D eigenvalue weighted by atomic mass is 9.77. The van der Waals surface area contributed by atoms with Crippen LogP contribution in [-0.4, -0.2) is 66.6 Å². The van der Waals surface area contributed by atoms with Gasteiger partial charge in [-0.05, 0) is 19.1 Å². The number of benzene rings is 1. The first-order valence-electron chi connectivity index (χ1n) is 11.6. The molecule has 1 aromatic carbocycles. The lowest BCUT2D eigenvalue weighted by Crippen LogP contribution is -2.53. The van der Waals surface area contributed by atoms with Gasteiger partial charge >= 0.3 is 6.18 Å². The van der Waals surface area contributed by atoms with Crippen LogP contribution >= 0.6 is 0 Å². The third kappa shape index (κ3) is 5.41. The van der Waals surface area contributed by atoms with Crippen LogP contribution < -0.4 is 20.1 Å². The highest BCUT2D eigenvalue weighted by Crippen LogP contribution is 2.44. The van der Waals surface area contributed by atoms with E-state index in [1.165, 1.54) is 28.9 Å². The summed E-state index contributed by atoms with van der Waals surface area (Å²) in [6.45, 7) is 0.311. The van der Waals surface area contributed by atoms with Gasteiger partial charge in [0.05, 0.1) is 17.8 Å². The van der Waals surface area contributed by atoms with E-state index < -0.39 is 45.7 Å². The number of anilines is 1. The Hall–Kier alpha value is -4.08. The Bertz CT molecular complexity index is 1580. The van der Waals surface area contributed by atoms with Gasteiger partial charge in [0.25, 0.3) is 5.91 Å². The third-order valence-corrected chi connectivity index (χ3v) is 6.93. The molecule has 2 aliphatic heterocycles. The fourth-order valence-corrected chi connectivity index (χ4v) is 5.18. The van der Waals surface area contributed by atoms with Crippen molar-refractivity contribution in [3.63, 3.8) is 0 Å². The summed E-state index contributed by atoms with van der Waals surface area (Å²) in [6, 6.07) is 5.73. The van der Waals surface area contributed by atoms with E-state index in [1.807, 2.05) is 0 Å². The molecule has 0 unspecified atom stereocenters. The molecule has 2 aromatic heterocycles. The van der Waals surface area contributed by atoms with Crippen LogP contribution in [0.2, 0.25) is 0 Å². The molecule has 3 aromatic rings. The van der Waals surface area contributed by atoms with Crippen molar-refractivity contribution in [3.8, 4) is 17.3 Å². The Morgan fingerprint density at radius 1 is 1.31 bits per heavy atom. The van der Waals surface area contributed by atoms with Crippen molar-refractivity contribution in [2.75, 3.05) is 30.5 Å². The van der Waals surface area contributed by atoms with E-state index in [-0.39, 0.29) is 47.4 Å².